The summed E-state index contributed by atoms with van der Waals surface area (Å²) in [5, 5.41) is 16.9. The van der Waals surface area contributed by atoms with Crippen LogP contribution in [0.5, 0.6) is 0 Å². The molecule has 0 aromatic carbocycles. The zero-order valence-corrected chi connectivity index (χ0v) is 12.7. The Balaban J connectivity index is 2.21. The Morgan fingerprint density at radius 1 is 1.19 bits per heavy atom. The molecule has 1 fully saturated rings. The van der Waals surface area contributed by atoms with Gasteiger partial charge in [-0.1, -0.05) is 13.8 Å². The van der Waals surface area contributed by atoms with Gasteiger partial charge in [0.1, 0.15) is 0 Å². The summed E-state index contributed by atoms with van der Waals surface area (Å²) in [5.74, 6) is -0.629. The van der Waals surface area contributed by atoms with Gasteiger partial charge in [0.05, 0.1) is 12.0 Å². The molecule has 7 nitrogen and oxygen atoms in total. The fraction of sp³-hybridized carbons (Fsp3) is 0.786. The van der Waals surface area contributed by atoms with Crippen molar-refractivity contribution >= 4 is 17.9 Å². The molecule has 1 rings (SSSR count). The SMILES string of the molecule is CC(C)CNC(=O)CCNC(=O)NC1(CC(=O)O)CCC1. The molecule has 7 heteroatoms. The van der Waals surface area contributed by atoms with Crippen molar-refractivity contribution in [1.29, 1.82) is 0 Å². The highest BCUT2D eigenvalue weighted by atomic mass is 16.4. The Morgan fingerprint density at radius 2 is 1.86 bits per heavy atom. The van der Waals surface area contributed by atoms with Crippen LogP contribution >= 0.6 is 0 Å². The lowest BCUT2D eigenvalue weighted by molar-refractivity contribution is -0.139. The van der Waals surface area contributed by atoms with Gasteiger partial charge < -0.3 is 21.1 Å². The third-order valence-corrected chi connectivity index (χ3v) is 3.52. The fourth-order valence-electron chi connectivity index (χ4n) is 2.22. The second-order valence-electron chi connectivity index (χ2n) is 6.03. The number of nitrogens with one attached hydrogen (secondary N) is 3. The minimum atomic E-state index is -0.914. The van der Waals surface area contributed by atoms with Crippen LogP contribution in [0.15, 0.2) is 0 Å². The number of rotatable bonds is 8. The molecule has 0 bridgehead atoms. The molecule has 3 amide bonds. The summed E-state index contributed by atoms with van der Waals surface area (Å²) in [4.78, 5) is 34.0. The quantitative estimate of drug-likeness (QED) is 0.533. The number of carbonyl (C=O) groups is 3. The minimum absolute atomic E-state index is 0.0602. The summed E-state index contributed by atoms with van der Waals surface area (Å²) in [6.45, 7) is 4.87. The normalized spacial score (nSPS) is 16.0. The van der Waals surface area contributed by atoms with Crippen molar-refractivity contribution in [1.82, 2.24) is 16.0 Å². The molecule has 1 aliphatic rings. The molecule has 0 aromatic rings. The first kappa shape index (κ1) is 17.3. The molecule has 0 aromatic heterocycles. The van der Waals surface area contributed by atoms with Crippen LogP contribution < -0.4 is 16.0 Å². The highest BCUT2D eigenvalue weighted by molar-refractivity contribution is 5.79. The van der Waals surface area contributed by atoms with E-state index in [-0.39, 0.29) is 25.3 Å². The fourth-order valence-corrected chi connectivity index (χ4v) is 2.22. The van der Waals surface area contributed by atoms with Crippen molar-refractivity contribution in [2.24, 2.45) is 5.92 Å². The van der Waals surface area contributed by atoms with Crippen molar-refractivity contribution in [2.45, 2.75) is 51.5 Å². The Hall–Kier alpha value is -1.79. The molecule has 0 saturated heterocycles. The van der Waals surface area contributed by atoms with Gasteiger partial charge in [-0.05, 0) is 25.2 Å². The van der Waals surface area contributed by atoms with Crippen LogP contribution in [0.1, 0.15) is 46.0 Å². The Bertz CT molecular complexity index is 392. The standard InChI is InChI=1S/C14H25N3O4/c1-10(2)9-16-11(18)4-7-15-13(21)17-14(5-3-6-14)8-12(19)20/h10H,3-9H2,1-2H3,(H,16,18)(H,19,20)(H2,15,17,21). The third kappa shape index (κ3) is 6.46. The smallest absolute Gasteiger partial charge is 0.315 e. The summed E-state index contributed by atoms with van der Waals surface area (Å²) in [6, 6.07) is -0.410. The van der Waals surface area contributed by atoms with Crippen molar-refractivity contribution in [3.8, 4) is 0 Å². The van der Waals surface area contributed by atoms with Crippen molar-refractivity contribution in [2.75, 3.05) is 13.1 Å². The molecule has 4 N–H and O–H groups in total. The van der Waals surface area contributed by atoms with E-state index < -0.39 is 17.5 Å². The molecule has 0 spiro atoms. The second kappa shape index (κ2) is 7.85. The summed E-state index contributed by atoms with van der Waals surface area (Å²) in [5.41, 5.74) is -0.615. The highest BCUT2D eigenvalue weighted by Crippen LogP contribution is 2.34. The molecule has 0 heterocycles. The number of hydrogen-bond donors (Lipinski definition) is 4. The molecular weight excluding hydrogens is 274 g/mol. The number of urea groups is 1. The number of carboxylic acids is 1. The van der Waals surface area contributed by atoms with Crippen LogP contribution in [-0.4, -0.2) is 41.6 Å². The molecule has 0 atom stereocenters. The van der Waals surface area contributed by atoms with Crippen LogP contribution in [-0.2, 0) is 9.59 Å². The van der Waals surface area contributed by atoms with Gasteiger partial charge >= 0.3 is 12.0 Å². The first-order chi connectivity index (χ1) is 9.83. The van der Waals surface area contributed by atoms with E-state index in [1.807, 2.05) is 13.8 Å². The maximum absolute atomic E-state index is 11.7. The Kier molecular flexibility index (Phi) is 6.45. The zero-order chi connectivity index (χ0) is 15.9. The number of amides is 3. The lowest BCUT2D eigenvalue weighted by atomic mass is 9.74. The predicted molar refractivity (Wildman–Crippen MR) is 77.8 cm³/mol. The first-order valence-corrected chi connectivity index (χ1v) is 7.37. The summed E-state index contributed by atoms with van der Waals surface area (Å²) in [7, 11) is 0. The van der Waals surface area contributed by atoms with Crippen LogP contribution in [0, 0.1) is 5.92 Å². The van der Waals surface area contributed by atoms with E-state index in [0.717, 1.165) is 6.42 Å². The van der Waals surface area contributed by atoms with Gasteiger partial charge in [-0.15, -0.1) is 0 Å². The molecule has 120 valence electrons. The number of carbonyl (C=O) groups excluding carboxylic acids is 2. The van der Waals surface area contributed by atoms with E-state index in [1.54, 1.807) is 0 Å². The maximum atomic E-state index is 11.7. The maximum Gasteiger partial charge on any atom is 0.315 e. The van der Waals surface area contributed by atoms with Crippen LogP contribution in [0.3, 0.4) is 0 Å². The minimum Gasteiger partial charge on any atom is -0.481 e. The first-order valence-electron chi connectivity index (χ1n) is 7.37. The van der Waals surface area contributed by atoms with Gasteiger partial charge in [0, 0.05) is 19.5 Å². The van der Waals surface area contributed by atoms with Crippen molar-refractivity contribution < 1.29 is 19.5 Å². The van der Waals surface area contributed by atoms with Gasteiger partial charge in [-0.25, -0.2) is 4.79 Å². The van der Waals surface area contributed by atoms with Gasteiger partial charge in [0.15, 0.2) is 0 Å². The summed E-state index contributed by atoms with van der Waals surface area (Å²) >= 11 is 0. The van der Waals surface area contributed by atoms with Crippen LogP contribution in [0.4, 0.5) is 4.79 Å². The average Bonchev–Trinajstić information content (AvgIpc) is 2.33. The summed E-state index contributed by atoms with van der Waals surface area (Å²) in [6.07, 6.45) is 2.44. The van der Waals surface area contributed by atoms with Crippen molar-refractivity contribution in [3.63, 3.8) is 0 Å². The average molecular weight is 299 g/mol. The van der Waals surface area contributed by atoms with Gasteiger partial charge in [0.25, 0.3) is 0 Å². The topological polar surface area (TPSA) is 108 Å². The largest absolute Gasteiger partial charge is 0.481 e. The van der Waals surface area contributed by atoms with E-state index in [2.05, 4.69) is 16.0 Å². The molecule has 1 aliphatic carbocycles. The molecular formula is C14H25N3O4. The van der Waals surface area contributed by atoms with Gasteiger partial charge in [-0.2, -0.15) is 0 Å². The molecule has 0 radical (unpaired) electrons. The number of hydrogen-bond acceptors (Lipinski definition) is 3. The molecule has 21 heavy (non-hydrogen) atoms. The lowest BCUT2D eigenvalue weighted by Gasteiger charge is -2.41. The zero-order valence-electron chi connectivity index (χ0n) is 12.7. The Labute approximate surface area is 124 Å². The second-order valence-corrected chi connectivity index (χ2v) is 6.03. The van der Waals surface area contributed by atoms with Crippen molar-refractivity contribution in [3.05, 3.63) is 0 Å². The predicted octanol–water partition coefficient (Wildman–Crippen LogP) is 0.845. The number of carboxylic acid groups (broad SMARTS) is 1. The van der Waals surface area contributed by atoms with Gasteiger partial charge in [-0.3, -0.25) is 9.59 Å². The van der Waals surface area contributed by atoms with E-state index in [1.165, 1.54) is 0 Å². The van der Waals surface area contributed by atoms with Crippen LogP contribution in [0.2, 0.25) is 0 Å². The summed E-state index contributed by atoms with van der Waals surface area (Å²) < 4.78 is 0. The molecule has 0 aliphatic heterocycles. The highest BCUT2D eigenvalue weighted by Gasteiger charge is 2.40. The van der Waals surface area contributed by atoms with E-state index in [9.17, 15) is 14.4 Å². The molecule has 0 unspecified atom stereocenters. The van der Waals surface area contributed by atoms with Crippen LogP contribution in [0.25, 0.3) is 0 Å². The Morgan fingerprint density at radius 3 is 2.33 bits per heavy atom. The number of aliphatic carboxylic acids is 1. The van der Waals surface area contributed by atoms with Gasteiger partial charge in [0.2, 0.25) is 5.91 Å². The molecule has 1 saturated carbocycles. The third-order valence-electron chi connectivity index (χ3n) is 3.52. The lowest BCUT2D eigenvalue weighted by Crippen LogP contribution is -2.57. The van der Waals surface area contributed by atoms with E-state index >= 15 is 0 Å². The van der Waals surface area contributed by atoms with E-state index in [0.29, 0.717) is 25.3 Å². The van der Waals surface area contributed by atoms with E-state index in [4.69, 9.17) is 5.11 Å². The monoisotopic (exact) mass is 299 g/mol.